The highest BCUT2D eigenvalue weighted by molar-refractivity contribution is 5.40. The third-order valence-electron chi connectivity index (χ3n) is 2.78. The van der Waals surface area contributed by atoms with E-state index in [4.69, 9.17) is 4.74 Å². The van der Waals surface area contributed by atoms with Gasteiger partial charge in [0.2, 0.25) is 0 Å². The van der Waals surface area contributed by atoms with Crippen LogP contribution in [0.15, 0.2) is 30.4 Å². The molecule has 1 aromatic rings. The van der Waals surface area contributed by atoms with Crippen molar-refractivity contribution in [1.29, 1.82) is 0 Å². The van der Waals surface area contributed by atoms with E-state index in [1.807, 2.05) is 0 Å². The first-order valence-corrected chi connectivity index (χ1v) is 6.27. The lowest BCUT2D eigenvalue weighted by atomic mass is 10.1. The molecule has 2 nitrogen and oxygen atoms in total. The van der Waals surface area contributed by atoms with Crippen molar-refractivity contribution in [3.05, 3.63) is 41.5 Å². The molecule has 2 heteroatoms. The zero-order valence-electron chi connectivity index (χ0n) is 11.2. The van der Waals surface area contributed by atoms with E-state index in [2.05, 4.69) is 50.9 Å². The van der Waals surface area contributed by atoms with E-state index in [1.54, 1.807) is 0 Å². The molecule has 1 rings (SSSR count). The highest BCUT2D eigenvalue weighted by Gasteiger charge is 2.06. The van der Waals surface area contributed by atoms with E-state index in [1.165, 1.54) is 11.1 Å². The molecule has 0 aliphatic carbocycles. The van der Waals surface area contributed by atoms with E-state index >= 15 is 0 Å². The fourth-order valence-electron chi connectivity index (χ4n) is 1.59. The summed E-state index contributed by atoms with van der Waals surface area (Å²) in [5.74, 6) is 1.00. The number of aryl methyl sites for hydroxylation is 1. The minimum absolute atomic E-state index is 0.612. The summed E-state index contributed by atoms with van der Waals surface area (Å²) in [6.07, 6.45) is 0.967. The van der Waals surface area contributed by atoms with Gasteiger partial charge in [-0.25, -0.2) is 0 Å². The third-order valence-corrected chi connectivity index (χ3v) is 2.78. The zero-order valence-corrected chi connectivity index (χ0v) is 11.2. The van der Waals surface area contributed by atoms with Crippen LogP contribution in [-0.2, 0) is 6.54 Å². The van der Waals surface area contributed by atoms with Gasteiger partial charge in [0.15, 0.2) is 0 Å². The van der Waals surface area contributed by atoms with Crippen LogP contribution in [0.1, 0.15) is 31.4 Å². The number of hydrogen-bond donors (Lipinski definition) is 1. The Hall–Kier alpha value is -1.28. The fourth-order valence-corrected chi connectivity index (χ4v) is 1.59. The molecule has 0 spiro atoms. The van der Waals surface area contributed by atoms with Crippen molar-refractivity contribution in [3.8, 4) is 5.75 Å². The molecule has 0 amide bonds. The first-order chi connectivity index (χ1) is 8.19. The van der Waals surface area contributed by atoms with Crippen LogP contribution < -0.4 is 10.1 Å². The van der Waals surface area contributed by atoms with E-state index in [-0.39, 0.29) is 0 Å². The molecule has 0 aliphatic rings. The molecule has 0 radical (unpaired) electrons. The fraction of sp³-hybridized carbons (Fsp3) is 0.467. The average molecular weight is 233 g/mol. The van der Waals surface area contributed by atoms with Gasteiger partial charge in [0.1, 0.15) is 12.4 Å². The minimum Gasteiger partial charge on any atom is -0.489 e. The van der Waals surface area contributed by atoms with Gasteiger partial charge in [-0.3, -0.25) is 0 Å². The van der Waals surface area contributed by atoms with Crippen molar-refractivity contribution in [1.82, 2.24) is 5.32 Å². The maximum absolute atomic E-state index is 5.88. The summed E-state index contributed by atoms with van der Waals surface area (Å²) in [5, 5.41) is 3.33. The molecule has 94 valence electrons. The maximum Gasteiger partial charge on any atom is 0.127 e. The van der Waals surface area contributed by atoms with Crippen molar-refractivity contribution in [2.75, 3.05) is 13.2 Å². The summed E-state index contributed by atoms with van der Waals surface area (Å²) in [6, 6.07) is 6.27. The van der Waals surface area contributed by atoms with Gasteiger partial charge in [0.25, 0.3) is 0 Å². The predicted octanol–water partition coefficient (Wildman–Crippen LogP) is 3.45. The van der Waals surface area contributed by atoms with Crippen LogP contribution >= 0.6 is 0 Å². The predicted molar refractivity (Wildman–Crippen MR) is 73.5 cm³/mol. The number of ether oxygens (including phenoxy) is 1. The van der Waals surface area contributed by atoms with Crippen LogP contribution in [0.5, 0.6) is 5.75 Å². The summed E-state index contributed by atoms with van der Waals surface area (Å²) in [6.45, 7) is 12.7. The van der Waals surface area contributed by atoms with Gasteiger partial charge in [0.05, 0.1) is 0 Å². The van der Waals surface area contributed by atoms with Crippen molar-refractivity contribution in [2.24, 2.45) is 0 Å². The molecule has 0 aromatic heterocycles. The molecule has 0 saturated carbocycles. The molecule has 1 N–H and O–H groups in total. The lowest BCUT2D eigenvalue weighted by molar-refractivity contribution is 0.342. The van der Waals surface area contributed by atoms with Gasteiger partial charge in [-0.1, -0.05) is 38.6 Å². The van der Waals surface area contributed by atoms with Crippen molar-refractivity contribution in [3.63, 3.8) is 0 Å². The molecule has 1 aromatic carbocycles. The number of para-hydroxylation sites is 1. The van der Waals surface area contributed by atoms with Crippen LogP contribution in [0.4, 0.5) is 0 Å². The van der Waals surface area contributed by atoms with Crippen molar-refractivity contribution in [2.45, 2.75) is 33.7 Å². The summed E-state index contributed by atoms with van der Waals surface area (Å²) < 4.78 is 5.88. The molecule has 0 heterocycles. The molecule has 0 unspecified atom stereocenters. The number of benzene rings is 1. The van der Waals surface area contributed by atoms with Crippen LogP contribution in [0.3, 0.4) is 0 Å². The smallest absolute Gasteiger partial charge is 0.127 e. The van der Waals surface area contributed by atoms with Gasteiger partial charge >= 0.3 is 0 Å². The van der Waals surface area contributed by atoms with Crippen LogP contribution in [0.25, 0.3) is 0 Å². The lowest BCUT2D eigenvalue weighted by Crippen LogP contribution is -2.13. The van der Waals surface area contributed by atoms with Crippen LogP contribution in [0.2, 0.25) is 0 Å². The molecular weight excluding hydrogens is 210 g/mol. The first-order valence-electron chi connectivity index (χ1n) is 6.27. The summed E-state index contributed by atoms with van der Waals surface area (Å²) >= 11 is 0. The minimum atomic E-state index is 0.612. The largest absolute Gasteiger partial charge is 0.489 e. The molecular formula is C15H23NO. The molecule has 0 bridgehead atoms. The Morgan fingerprint density at radius 3 is 2.76 bits per heavy atom. The Morgan fingerprint density at radius 2 is 2.12 bits per heavy atom. The Labute approximate surface area is 105 Å². The second-order valence-corrected chi connectivity index (χ2v) is 4.24. The van der Waals surface area contributed by atoms with E-state index in [0.29, 0.717) is 6.61 Å². The Kier molecular flexibility index (Phi) is 5.78. The van der Waals surface area contributed by atoms with Crippen molar-refractivity contribution >= 4 is 0 Å². The molecule has 0 saturated heterocycles. The standard InChI is InChI=1S/C15H23NO/c1-5-12(3)11-17-15-13(4)8-7-9-14(15)10-16-6-2/h7-9,16H,3,5-6,10-11H2,1-2,4H3. The third kappa shape index (κ3) is 4.23. The van der Waals surface area contributed by atoms with Gasteiger partial charge in [0, 0.05) is 12.1 Å². The SMILES string of the molecule is C=C(CC)COc1c(C)cccc1CNCC. The monoisotopic (exact) mass is 233 g/mol. The molecule has 0 fully saturated rings. The quantitative estimate of drug-likeness (QED) is 0.728. The highest BCUT2D eigenvalue weighted by Crippen LogP contribution is 2.24. The number of nitrogens with one attached hydrogen (secondary N) is 1. The maximum atomic E-state index is 5.88. The molecule has 0 atom stereocenters. The Morgan fingerprint density at radius 1 is 1.35 bits per heavy atom. The number of rotatable bonds is 7. The van der Waals surface area contributed by atoms with E-state index < -0.39 is 0 Å². The summed E-state index contributed by atoms with van der Waals surface area (Å²) in [7, 11) is 0. The van der Waals surface area contributed by atoms with Gasteiger partial charge in [-0.2, -0.15) is 0 Å². The van der Waals surface area contributed by atoms with Gasteiger partial charge in [-0.15, -0.1) is 0 Å². The van der Waals surface area contributed by atoms with Crippen LogP contribution in [-0.4, -0.2) is 13.2 Å². The highest BCUT2D eigenvalue weighted by atomic mass is 16.5. The zero-order chi connectivity index (χ0) is 12.7. The molecule has 17 heavy (non-hydrogen) atoms. The second-order valence-electron chi connectivity index (χ2n) is 4.24. The van der Waals surface area contributed by atoms with Gasteiger partial charge in [-0.05, 0) is 31.0 Å². The normalized spacial score (nSPS) is 10.3. The second kappa shape index (κ2) is 7.13. The van der Waals surface area contributed by atoms with Crippen molar-refractivity contribution < 1.29 is 4.74 Å². The number of hydrogen-bond acceptors (Lipinski definition) is 2. The van der Waals surface area contributed by atoms with Crippen LogP contribution in [0, 0.1) is 6.92 Å². The lowest BCUT2D eigenvalue weighted by Gasteiger charge is -2.15. The Balaban J connectivity index is 2.76. The van der Waals surface area contributed by atoms with Gasteiger partial charge < -0.3 is 10.1 Å². The van der Waals surface area contributed by atoms with E-state index in [0.717, 1.165) is 30.8 Å². The first kappa shape index (κ1) is 13.8. The average Bonchev–Trinajstić information content (AvgIpc) is 2.34. The summed E-state index contributed by atoms with van der Waals surface area (Å²) in [5.41, 5.74) is 3.53. The molecule has 0 aliphatic heterocycles. The summed E-state index contributed by atoms with van der Waals surface area (Å²) in [4.78, 5) is 0. The Bertz CT molecular complexity index is 371. The topological polar surface area (TPSA) is 21.3 Å². The van der Waals surface area contributed by atoms with E-state index in [9.17, 15) is 0 Å².